The molecule has 0 bridgehead atoms. The van der Waals surface area contributed by atoms with Crippen LogP contribution in [0.1, 0.15) is 44.6 Å². The fraction of sp³-hybridized carbons (Fsp3) is 0.500. The lowest BCUT2D eigenvalue weighted by atomic mass is 9.82. The summed E-state index contributed by atoms with van der Waals surface area (Å²) in [6.45, 7) is 2.34. The normalized spacial score (nSPS) is 21.2. The zero-order valence-electron chi connectivity index (χ0n) is 12.6. The summed E-state index contributed by atoms with van der Waals surface area (Å²) in [7, 11) is 0. The minimum absolute atomic E-state index is 0.0845. The summed E-state index contributed by atoms with van der Waals surface area (Å²) < 4.78 is 0. The molecule has 0 atom stereocenters. The zero-order valence-corrected chi connectivity index (χ0v) is 12.6. The Bertz CT molecular complexity index is 516. The minimum atomic E-state index is 0.0845. The van der Waals surface area contributed by atoms with Gasteiger partial charge in [0.2, 0.25) is 5.91 Å². The van der Waals surface area contributed by atoms with Crippen LogP contribution in [0.4, 0.5) is 5.69 Å². The largest absolute Gasteiger partial charge is 0.395 e. The highest BCUT2D eigenvalue weighted by atomic mass is 16.2. The van der Waals surface area contributed by atoms with Crippen molar-refractivity contribution in [2.24, 2.45) is 11.8 Å². The summed E-state index contributed by atoms with van der Waals surface area (Å²) >= 11 is 0. The lowest BCUT2D eigenvalue weighted by Gasteiger charge is -2.25. The van der Waals surface area contributed by atoms with Crippen molar-refractivity contribution < 1.29 is 9.90 Å². The van der Waals surface area contributed by atoms with Crippen LogP contribution in [0.5, 0.6) is 0 Å². The second-order valence-electron chi connectivity index (χ2n) is 5.80. The van der Waals surface area contributed by atoms with Gasteiger partial charge in [-0.2, -0.15) is 0 Å². The first-order valence-corrected chi connectivity index (χ1v) is 7.69. The van der Waals surface area contributed by atoms with E-state index >= 15 is 0 Å². The summed E-state index contributed by atoms with van der Waals surface area (Å²) in [6.07, 6.45) is 4.78. The smallest absolute Gasteiger partial charge is 0.227 e. The van der Waals surface area contributed by atoms with Crippen molar-refractivity contribution in [1.29, 1.82) is 0 Å². The van der Waals surface area contributed by atoms with E-state index in [0.29, 0.717) is 6.42 Å². The van der Waals surface area contributed by atoms with Gasteiger partial charge in [0.05, 0.1) is 6.61 Å². The number of rotatable bonds is 3. The van der Waals surface area contributed by atoms with Crippen molar-refractivity contribution in [2.45, 2.75) is 39.0 Å². The molecule has 1 aliphatic carbocycles. The number of aliphatic hydroxyl groups is 1. The third kappa shape index (κ3) is 4.91. The molecule has 0 aliphatic heterocycles. The summed E-state index contributed by atoms with van der Waals surface area (Å²) in [4.78, 5) is 12.2. The van der Waals surface area contributed by atoms with E-state index in [9.17, 15) is 4.79 Å². The van der Waals surface area contributed by atoms with Crippen LogP contribution in [-0.2, 0) is 4.79 Å². The molecule has 0 radical (unpaired) electrons. The Kier molecular flexibility index (Phi) is 5.83. The van der Waals surface area contributed by atoms with Gasteiger partial charge in [-0.25, -0.2) is 0 Å². The van der Waals surface area contributed by atoms with Crippen LogP contribution < -0.4 is 5.32 Å². The van der Waals surface area contributed by atoms with Gasteiger partial charge in [-0.15, -0.1) is 0 Å². The molecule has 2 N–H and O–H groups in total. The number of benzene rings is 1. The molecule has 1 amide bonds. The molecule has 1 aromatic carbocycles. The van der Waals surface area contributed by atoms with Gasteiger partial charge in [-0.05, 0) is 55.9 Å². The molecule has 1 aromatic rings. The van der Waals surface area contributed by atoms with E-state index in [-0.39, 0.29) is 18.4 Å². The van der Waals surface area contributed by atoms with E-state index in [1.807, 2.05) is 24.3 Å². The predicted octanol–water partition coefficient (Wildman–Crippen LogP) is 3.19. The van der Waals surface area contributed by atoms with Gasteiger partial charge in [0.25, 0.3) is 0 Å². The standard InChI is InChI=1S/C18H23NO2/c1-14-5-9-16(10-6-14)18(21)19-17-11-7-15(8-12-17)4-2-3-13-20/h7-8,11-12,14,16,20H,3,5-6,9-10,13H2,1H3,(H,19,21). The summed E-state index contributed by atoms with van der Waals surface area (Å²) in [5.41, 5.74) is 1.72. The van der Waals surface area contributed by atoms with Crippen molar-refractivity contribution >= 4 is 11.6 Å². The van der Waals surface area contributed by atoms with Crippen molar-refractivity contribution in [1.82, 2.24) is 0 Å². The predicted molar refractivity (Wildman–Crippen MR) is 84.8 cm³/mol. The first-order valence-electron chi connectivity index (χ1n) is 7.69. The van der Waals surface area contributed by atoms with Crippen molar-refractivity contribution in [3.8, 4) is 11.8 Å². The number of aliphatic hydroxyl groups excluding tert-OH is 1. The highest BCUT2D eigenvalue weighted by Gasteiger charge is 2.24. The number of nitrogens with one attached hydrogen (secondary N) is 1. The van der Waals surface area contributed by atoms with Gasteiger partial charge in [0, 0.05) is 23.6 Å². The number of hydrogen-bond acceptors (Lipinski definition) is 2. The average molecular weight is 285 g/mol. The van der Waals surface area contributed by atoms with Crippen LogP contribution in [0.25, 0.3) is 0 Å². The molecule has 21 heavy (non-hydrogen) atoms. The van der Waals surface area contributed by atoms with Gasteiger partial charge < -0.3 is 10.4 Å². The summed E-state index contributed by atoms with van der Waals surface area (Å²) in [6, 6.07) is 7.55. The van der Waals surface area contributed by atoms with Gasteiger partial charge in [0.1, 0.15) is 0 Å². The molecular weight excluding hydrogens is 262 g/mol. The van der Waals surface area contributed by atoms with Gasteiger partial charge in [-0.3, -0.25) is 4.79 Å². The second-order valence-corrected chi connectivity index (χ2v) is 5.80. The lowest BCUT2D eigenvalue weighted by Crippen LogP contribution is -2.26. The molecule has 0 saturated heterocycles. The Labute approximate surface area is 126 Å². The van der Waals surface area contributed by atoms with E-state index in [1.54, 1.807) is 0 Å². The fourth-order valence-electron chi connectivity index (χ4n) is 2.62. The maximum atomic E-state index is 12.2. The number of carbonyl (C=O) groups excluding carboxylic acids is 1. The van der Waals surface area contributed by atoms with Gasteiger partial charge in [-0.1, -0.05) is 18.8 Å². The summed E-state index contributed by atoms with van der Waals surface area (Å²) in [5, 5.41) is 11.7. The SMILES string of the molecule is CC1CCC(C(=O)Nc2ccc(C#CCCO)cc2)CC1. The van der Waals surface area contributed by atoms with Crippen LogP contribution in [0.2, 0.25) is 0 Å². The molecule has 0 unspecified atom stereocenters. The molecule has 3 nitrogen and oxygen atoms in total. The van der Waals surface area contributed by atoms with Crippen LogP contribution in [0.15, 0.2) is 24.3 Å². The van der Waals surface area contributed by atoms with Crippen molar-refractivity contribution in [2.75, 3.05) is 11.9 Å². The first kappa shape index (κ1) is 15.6. The molecule has 3 heteroatoms. The lowest BCUT2D eigenvalue weighted by molar-refractivity contribution is -0.121. The molecule has 2 rings (SSSR count). The third-order valence-corrected chi connectivity index (χ3v) is 4.01. The molecule has 112 valence electrons. The molecule has 1 aliphatic rings. The molecule has 1 saturated carbocycles. The topological polar surface area (TPSA) is 49.3 Å². The van der Waals surface area contributed by atoms with E-state index in [2.05, 4.69) is 24.1 Å². The molecule has 0 aromatic heterocycles. The highest BCUT2D eigenvalue weighted by Crippen LogP contribution is 2.29. The number of carbonyl (C=O) groups is 1. The maximum Gasteiger partial charge on any atom is 0.227 e. The number of hydrogen-bond donors (Lipinski definition) is 2. The Morgan fingerprint density at radius 1 is 1.24 bits per heavy atom. The monoisotopic (exact) mass is 285 g/mol. The Hall–Kier alpha value is -1.79. The van der Waals surface area contributed by atoms with Gasteiger partial charge >= 0.3 is 0 Å². The van der Waals surface area contributed by atoms with E-state index in [0.717, 1.165) is 42.9 Å². The van der Waals surface area contributed by atoms with Crippen LogP contribution in [0.3, 0.4) is 0 Å². The summed E-state index contributed by atoms with van der Waals surface area (Å²) in [5.74, 6) is 6.90. The number of amides is 1. The highest BCUT2D eigenvalue weighted by molar-refractivity contribution is 5.92. The van der Waals surface area contributed by atoms with E-state index < -0.39 is 0 Å². The Balaban J connectivity index is 1.88. The van der Waals surface area contributed by atoms with Crippen LogP contribution >= 0.6 is 0 Å². The average Bonchev–Trinajstić information content (AvgIpc) is 2.50. The minimum Gasteiger partial charge on any atom is -0.395 e. The van der Waals surface area contributed by atoms with E-state index in [4.69, 9.17) is 5.11 Å². The molecule has 0 heterocycles. The maximum absolute atomic E-state index is 12.2. The molecule has 0 spiro atoms. The Morgan fingerprint density at radius 2 is 1.90 bits per heavy atom. The quantitative estimate of drug-likeness (QED) is 0.838. The van der Waals surface area contributed by atoms with E-state index in [1.165, 1.54) is 0 Å². The third-order valence-electron chi connectivity index (χ3n) is 4.01. The fourth-order valence-corrected chi connectivity index (χ4v) is 2.62. The van der Waals surface area contributed by atoms with Crippen molar-refractivity contribution in [3.63, 3.8) is 0 Å². The van der Waals surface area contributed by atoms with Crippen LogP contribution in [-0.4, -0.2) is 17.6 Å². The van der Waals surface area contributed by atoms with Gasteiger partial charge in [0.15, 0.2) is 0 Å². The van der Waals surface area contributed by atoms with Crippen molar-refractivity contribution in [3.05, 3.63) is 29.8 Å². The Morgan fingerprint density at radius 3 is 2.52 bits per heavy atom. The zero-order chi connectivity index (χ0) is 15.1. The van der Waals surface area contributed by atoms with Crippen LogP contribution in [0, 0.1) is 23.7 Å². The number of anilines is 1. The first-order chi connectivity index (χ1) is 10.2. The second kappa shape index (κ2) is 7.85. The molecule has 1 fully saturated rings. The molecular formula is C18H23NO2.